The summed E-state index contributed by atoms with van der Waals surface area (Å²) in [7, 11) is 4.18. The zero-order chi connectivity index (χ0) is 21.0. The van der Waals surface area contributed by atoms with Crippen molar-refractivity contribution < 1.29 is 4.74 Å². The molecule has 0 saturated heterocycles. The molecule has 1 rings (SSSR count). The maximum absolute atomic E-state index is 5.79. The smallest absolute Gasteiger partial charge is 0.119 e. The minimum Gasteiger partial charge on any atom is -0.494 e. The summed E-state index contributed by atoms with van der Waals surface area (Å²) in [6.07, 6.45) is 6.22. The first-order chi connectivity index (χ1) is 13.7. The van der Waals surface area contributed by atoms with Crippen molar-refractivity contribution >= 4 is 0 Å². The average molecular weight is 394 g/mol. The van der Waals surface area contributed by atoms with Gasteiger partial charge in [0.25, 0.3) is 0 Å². The maximum Gasteiger partial charge on any atom is 0.119 e. The van der Waals surface area contributed by atoms with Gasteiger partial charge in [0.2, 0.25) is 0 Å². The zero-order valence-electron chi connectivity index (χ0n) is 19.6. The highest BCUT2D eigenvalue weighted by Crippen LogP contribution is 2.12. The van der Waals surface area contributed by atoms with Crippen LogP contribution in [0.1, 0.15) is 65.4 Å². The molecule has 4 nitrogen and oxygen atoms in total. The lowest BCUT2D eigenvalue weighted by Gasteiger charge is -2.22. The molecule has 0 aliphatic carbocycles. The minimum atomic E-state index is 0.779. The number of rotatable bonds is 16. The van der Waals surface area contributed by atoms with Crippen LogP contribution in [0.15, 0.2) is 24.3 Å². The van der Waals surface area contributed by atoms with E-state index in [4.69, 9.17) is 4.74 Å². The molecule has 0 atom stereocenters. The van der Waals surface area contributed by atoms with Crippen molar-refractivity contribution in [3.63, 3.8) is 0 Å². The molecule has 0 fully saturated rings. The fraction of sp³-hybridized carbons (Fsp3) is 0.750. The van der Waals surface area contributed by atoms with E-state index in [9.17, 15) is 0 Å². The second-order valence-electron chi connectivity index (χ2n) is 7.37. The SMILES string of the molecule is CC.CCCCN(CCCC)CCNCc1ccc(OCCCN(C)C)cc1. The molecular formula is C24H47N3O. The number of ether oxygens (including phenoxy) is 1. The second-order valence-corrected chi connectivity index (χ2v) is 7.37. The lowest BCUT2D eigenvalue weighted by atomic mass is 10.2. The molecule has 0 amide bonds. The van der Waals surface area contributed by atoms with Crippen LogP contribution in [0.25, 0.3) is 0 Å². The van der Waals surface area contributed by atoms with Crippen molar-refractivity contribution in [2.45, 2.75) is 66.3 Å². The van der Waals surface area contributed by atoms with Gasteiger partial charge >= 0.3 is 0 Å². The Morgan fingerprint density at radius 1 is 0.821 bits per heavy atom. The lowest BCUT2D eigenvalue weighted by molar-refractivity contribution is 0.264. The first-order valence-corrected chi connectivity index (χ1v) is 11.4. The normalized spacial score (nSPS) is 10.9. The highest BCUT2D eigenvalue weighted by atomic mass is 16.5. The Hall–Kier alpha value is -1.10. The van der Waals surface area contributed by atoms with Crippen molar-refractivity contribution in [2.24, 2.45) is 0 Å². The van der Waals surface area contributed by atoms with Crippen molar-refractivity contribution in [2.75, 3.05) is 53.4 Å². The molecule has 0 bridgehead atoms. The Kier molecular flexibility index (Phi) is 18.5. The van der Waals surface area contributed by atoms with Gasteiger partial charge in [-0.3, -0.25) is 0 Å². The lowest BCUT2D eigenvalue weighted by Crippen LogP contribution is -2.33. The number of hydrogen-bond donors (Lipinski definition) is 1. The molecule has 0 aliphatic heterocycles. The molecule has 4 heteroatoms. The topological polar surface area (TPSA) is 27.7 Å². The quantitative estimate of drug-likeness (QED) is 0.398. The van der Waals surface area contributed by atoms with E-state index in [1.165, 1.54) is 44.3 Å². The Labute approximate surface area is 175 Å². The largest absolute Gasteiger partial charge is 0.494 e. The van der Waals surface area contributed by atoms with Crippen LogP contribution in [0, 0.1) is 0 Å². The van der Waals surface area contributed by atoms with Crippen LogP contribution in [0.2, 0.25) is 0 Å². The summed E-state index contributed by atoms with van der Waals surface area (Å²) in [5, 5.41) is 3.58. The number of hydrogen-bond acceptors (Lipinski definition) is 4. The maximum atomic E-state index is 5.79. The molecule has 1 aromatic carbocycles. The third-order valence-corrected chi connectivity index (χ3v) is 4.53. The first kappa shape index (κ1) is 26.9. The van der Waals surface area contributed by atoms with Gasteiger partial charge in [0, 0.05) is 26.2 Å². The minimum absolute atomic E-state index is 0.779. The highest BCUT2D eigenvalue weighted by molar-refractivity contribution is 5.27. The molecule has 0 heterocycles. The Bertz CT molecular complexity index is 426. The predicted octanol–water partition coefficient (Wildman–Crippen LogP) is 5.04. The van der Waals surface area contributed by atoms with E-state index in [1.54, 1.807) is 0 Å². The Balaban J connectivity index is 0.00000352. The molecule has 0 radical (unpaired) electrons. The summed E-state index contributed by atoms with van der Waals surface area (Å²) >= 11 is 0. The van der Waals surface area contributed by atoms with Gasteiger partial charge in [-0.15, -0.1) is 0 Å². The van der Waals surface area contributed by atoms with E-state index in [2.05, 4.69) is 67.3 Å². The fourth-order valence-corrected chi connectivity index (χ4v) is 2.84. The molecule has 164 valence electrons. The standard InChI is InChI=1S/C22H41N3O.C2H6/c1-5-7-16-25(17-8-6-2)18-14-23-20-21-10-12-22(13-11-21)26-19-9-15-24(3)4;1-2/h10-13,23H,5-9,14-20H2,1-4H3;1-2H3. The van der Waals surface area contributed by atoms with Crippen LogP contribution in [0.3, 0.4) is 0 Å². The predicted molar refractivity (Wildman–Crippen MR) is 124 cm³/mol. The highest BCUT2D eigenvalue weighted by Gasteiger charge is 2.03. The van der Waals surface area contributed by atoms with E-state index in [1.807, 2.05) is 13.8 Å². The number of nitrogens with one attached hydrogen (secondary N) is 1. The summed E-state index contributed by atoms with van der Waals surface area (Å²) < 4.78 is 5.79. The van der Waals surface area contributed by atoms with Gasteiger partial charge in [-0.2, -0.15) is 0 Å². The van der Waals surface area contributed by atoms with Crippen LogP contribution >= 0.6 is 0 Å². The van der Waals surface area contributed by atoms with Crippen LogP contribution in [-0.4, -0.2) is 63.2 Å². The van der Waals surface area contributed by atoms with Gasteiger partial charge < -0.3 is 19.9 Å². The van der Waals surface area contributed by atoms with Gasteiger partial charge in [-0.25, -0.2) is 0 Å². The zero-order valence-corrected chi connectivity index (χ0v) is 19.6. The second kappa shape index (κ2) is 19.2. The molecule has 0 unspecified atom stereocenters. The third-order valence-electron chi connectivity index (χ3n) is 4.53. The Morgan fingerprint density at radius 3 is 1.96 bits per heavy atom. The third kappa shape index (κ3) is 14.9. The Morgan fingerprint density at radius 2 is 1.43 bits per heavy atom. The van der Waals surface area contributed by atoms with Crippen LogP contribution < -0.4 is 10.1 Å². The van der Waals surface area contributed by atoms with Crippen molar-refractivity contribution in [1.29, 1.82) is 0 Å². The summed E-state index contributed by atoms with van der Waals surface area (Å²) in [4.78, 5) is 4.79. The number of benzene rings is 1. The van der Waals surface area contributed by atoms with Crippen molar-refractivity contribution in [1.82, 2.24) is 15.1 Å². The van der Waals surface area contributed by atoms with E-state index in [-0.39, 0.29) is 0 Å². The summed E-state index contributed by atoms with van der Waals surface area (Å²) in [6.45, 7) is 16.0. The summed E-state index contributed by atoms with van der Waals surface area (Å²) in [6, 6.07) is 8.50. The molecule has 1 aromatic rings. The van der Waals surface area contributed by atoms with Crippen molar-refractivity contribution in [3.8, 4) is 5.75 Å². The first-order valence-electron chi connectivity index (χ1n) is 11.4. The molecule has 0 saturated carbocycles. The van der Waals surface area contributed by atoms with Gasteiger partial charge in [0.05, 0.1) is 6.61 Å². The van der Waals surface area contributed by atoms with E-state index in [0.717, 1.165) is 45.0 Å². The number of unbranched alkanes of at least 4 members (excludes halogenated alkanes) is 2. The average Bonchev–Trinajstić information content (AvgIpc) is 2.72. The molecule has 1 N–H and O–H groups in total. The molecule has 28 heavy (non-hydrogen) atoms. The summed E-state index contributed by atoms with van der Waals surface area (Å²) in [5.41, 5.74) is 1.32. The number of nitrogens with zero attached hydrogens (tertiary/aromatic N) is 2. The van der Waals surface area contributed by atoms with Crippen LogP contribution in [0.4, 0.5) is 0 Å². The van der Waals surface area contributed by atoms with Crippen LogP contribution in [0.5, 0.6) is 5.75 Å². The van der Waals surface area contributed by atoms with Gasteiger partial charge in [0.15, 0.2) is 0 Å². The van der Waals surface area contributed by atoms with E-state index >= 15 is 0 Å². The van der Waals surface area contributed by atoms with E-state index < -0.39 is 0 Å². The van der Waals surface area contributed by atoms with E-state index in [0.29, 0.717) is 0 Å². The van der Waals surface area contributed by atoms with Gasteiger partial charge in [-0.05, 0) is 64.1 Å². The van der Waals surface area contributed by atoms with Crippen LogP contribution in [-0.2, 0) is 6.54 Å². The molecular weight excluding hydrogens is 346 g/mol. The molecule has 0 aliphatic rings. The summed E-state index contributed by atoms with van der Waals surface area (Å²) in [5.74, 6) is 0.970. The molecule has 0 spiro atoms. The van der Waals surface area contributed by atoms with Gasteiger partial charge in [0.1, 0.15) is 5.75 Å². The monoisotopic (exact) mass is 393 g/mol. The molecule has 0 aromatic heterocycles. The van der Waals surface area contributed by atoms with Crippen molar-refractivity contribution in [3.05, 3.63) is 29.8 Å². The fourth-order valence-electron chi connectivity index (χ4n) is 2.84. The van der Waals surface area contributed by atoms with Gasteiger partial charge in [-0.1, -0.05) is 52.7 Å².